The first kappa shape index (κ1) is 15.1. The molecule has 0 atom stereocenters. The summed E-state index contributed by atoms with van der Waals surface area (Å²) >= 11 is 7.83. The Labute approximate surface area is 135 Å². The monoisotopic (exact) mass is 418 g/mol. The summed E-state index contributed by atoms with van der Waals surface area (Å²) in [5.74, 6) is 0. The van der Waals surface area contributed by atoms with Gasteiger partial charge in [0.1, 0.15) is 0 Å². The Morgan fingerprint density at radius 2 is 1.80 bits per heavy atom. The maximum Gasteiger partial charge on any atom is 0.261 e. The molecule has 0 aliphatic carbocycles. The van der Waals surface area contributed by atoms with Crippen molar-refractivity contribution in [1.82, 2.24) is 0 Å². The minimum absolute atomic E-state index is 0.0993. The molecule has 0 heterocycles. The quantitative estimate of drug-likeness (QED) is 0.774. The minimum atomic E-state index is -3.68. The molecule has 0 fully saturated rings. The molecule has 0 saturated heterocycles. The molecule has 102 valence electrons. The van der Waals surface area contributed by atoms with Gasteiger partial charge in [-0.3, -0.25) is 4.72 Å². The van der Waals surface area contributed by atoms with Gasteiger partial charge in [0.15, 0.2) is 0 Å². The molecule has 4 nitrogen and oxygen atoms in total. The lowest BCUT2D eigenvalue weighted by Gasteiger charge is -2.10. The third kappa shape index (κ3) is 3.42. The average Bonchev–Trinajstić information content (AvgIpc) is 2.42. The van der Waals surface area contributed by atoms with Crippen LogP contribution in [0.2, 0.25) is 5.02 Å². The van der Waals surface area contributed by atoms with E-state index in [2.05, 4.69) is 4.72 Å². The van der Waals surface area contributed by atoms with Crippen LogP contribution in [-0.2, 0) is 10.0 Å². The highest BCUT2D eigenvalue weighted by Gasteiger charge is 2.15. The number of nitriles is 1. The fourth-order valence-corrected chi connectivity index (χ4v) is 3.75. The number of sulfonamides is 1. The number of hydrogen-bond acceptors (Lipinski definition) is 3. The lowest BCUT2D eigenvalue weighted by atomic mass is 10.2. The normalized spacial score (nSPS) is 10.8. The second-order valence-corrected chi connectivity index (χ2v) is 7.15. The van der Waals surface area contributed by atoms with Crippen LogP contribution >= 0.6 is 34.2 Å². The summed E-state index contributed by atoms with van der Waals surface area (Å²) in [5.41, 5.74) is 0.865. The van der Waals surface area contributed by atoms with E-state index >= 15 is 0 Å². The molecule has 0 unspecified atom stereocenters. The summed E-state index contributed by atoms with van der Waals surface area (Å²) in [5, 5.41) is 9.24. The van der Waals surface area contributed by atoms with E-state index in [4.69, 9.17) is 16.9 Å². The molecule has 0 aliphatic heterocycles. The second-order valence-electron chi connectivity index (χ2n) is 3.87. The number of anilines is 1. The van der Waals surface area contributed by atoms with Crippen LogP contribution < -0.4 is 4.72 Å². The highest BCUT2D eigenvalue weighted by atomic mass is 127. The van der Waals surface area contributed by atoms with Crippen LogP contribution in [-0.4, -0.2) is 8.42 Å². The van der Waals surface area contributed by atoms with Crippen LogP contribution in [0.1, 0.15) is 5.56 Å². The molecule has 0 radical (unpaired) electrons. The van der Waals surface area contributed by atoms with Crippen molar-refractivity contribution >= 4 is 49.9 Å². The fourth-order valence-electron chi connectivity index (χ4n) is 1.48. The van der Waals surface area contributed by atoms with Gasteiger partial charge in [-0.15, -0.1) is 0 Å². The van der Waals surface area contributed by atoms with Crippen molar-refractivity contribution in [2.24, 2.45) is 0 Å². The van der Waals surface area contributed by atoms with Gasteiger partial charge in [0.25, 0.3) is 10.0 Å². The van der Waals surface area contributed by atoms with Gasteiger partial charge >= 0.3 is 0 Å². The van der Waals surface area contributed by atoms with Gasteiger partial charge in [-0.05, 0) is 65.1 Å². The van der Waals surface area contributed by atoms with Crippen LogP contribution in [0.5, 0.6) is 0 Å². The van der Waals surface area contributed by atoms with E-state index in [-0.39, 0.29) is 4.90 Å². The lowest BCUT2D eigenvalue weighted by molar-refractivity contribution is 0.601. The van der Waals surface area contributed by atoms with E-state index in [9.17, 15) is 8.42 Å². The molecule has 0 amide bonds. The zero-order valence-electron chi connectivity index (χ0n) is 9.97. The first-order valence-corrected chi connectivity index (χ1v) is 8.34. The summed E-state index contributed by atoms with van der Waals surface area (Å²) in [6.07, 6.45) is 0. The molecular formula is C13H8ClIN2O2S. The number of hydrogen-bond donors (Lipinski definition) is 1. The Bertz CT molecular complexity index is 783. The van der Waals surface area contributed by atoms with Gasteiger partial charge in [-0.1, -0.05) is 11.6 Å². The summed E-state index contributed by atoms with van der Waals surface area (Å²) in [7, 11) is -3.68. The third-order valence-electron chi connectivity index (χ3n) is 2.47. The number of nitrogens with one attached hydrogen (secondary N) is 1. The van der Waals surface area contributed by atoms with Crippen molar-refractivity contribution in [3.05, 3.63) is 56.6 Å². The van der Waals surface area contributed by atoms with Crippen molar-refractivity contribution in [3.8, 4) is 6.07 Å². The molecule has 0 bridgehead atoms. The van der Waals surface area contributed by atoms with Gasteiger partial charge in [0.2, 0.25) is 0 Å². The number of rotatable bonds is 3. The van der Waals surface area contributed by atoms with Crippen molar-refractivity contribution in [1.29, 1.82) is 5.26 Å². The largest absolute Gasteiger partial charge is 0.279 e. The number of nitrogens with zero attached hydrogens (tertiary/aromatic N) is 1. The van der Waals surface area contributed by atoms with Crippen molar-refractivity contribution < 1.29 is 8.42 Å². The van der Waals surface area contributed by atoms with E-state index in [1.54, 1.807) is 18.2 Å². The third-order valence-corrected chi connectivity index (χ3v) is 4.98. The van der Waals surface area contributed by atoms with Gasteiger partial charge < -0.3 is 0 Å². The highest BCUT2D eigenvalue weighted by molar-refractivity contribution is 14.1. The van der Waals surface area contributed by atoms with E-state index in [0.717, 1.165) is 0 Å². The van der Waals surface area contributed by atoms with Crippen molar-refractivity contribution in [2.75, 3.05) is 4.72 Å². The van der Waals surface area contributed by atoms with Crippen molar-refractivity contribution in [3.63, 3.8) is 0 Å². The standard InChI is InChI=1S/C13H8ClIN2O2S/c14-10-3-6-13(12(15)7-10)17-20(18,19)11-4-1-9(8-16)2-5-11/h1-7,17H. The van der Waals surface area contributed by atoms with Crippen LogP contribution in [0, 0.1) is 14.9 Å². The fraction of sp³-hybridized carbons (Fsp3) is 0. The molecule has 1 N–H and O–H groups in total. The summed E-state index contributed by atoms with van der Waals surface area (Å²) in [6, 6.07) is 12.5. The molecule has 7 heteroatoms. The minimum Gasteiger partial charge on any atom is -0.279 e. The summed E-state index contributed by atoms with van der Waals surface area (Å²) in [6.45, 7) is 0. The topological polar surface area (TPSA) is 70.0 Å². The molecule has 0 aromatic heterocycles. The molecule has 0 aliphatic rings. The Kier molecular flexibility index (Phi) is 4.52. The summed E-state index contributed by atoms with van der Waals surface area (Å²) in [4.78, 5) is 0.0993. The molecular weight excluding hydrogens is 411 g/mol. The first-order valence-electron chi connectivity index (χ1n) is 5.40. The van der Waals surface area contributed by atoms with Gasteiger partial charge in [0.05, 0.1) is 22.2 Å². The van der Waals surface area contributed by atoms with Gasteiger partial charge in [-0.25, -0.2) is 8.42 Å². The zero-order valence-corrected chi connectivity index (χ0v) is 13.7. The molecule has 2 aromatic rings. The van der Waals surface area contributed by atoms with Crippen LogP contribution in [0.15, 0.2) is 47.4 Å². The molecule has 2 aromatic carbocycles. The SMILES string of the molecule is N#Cc1ccc(S(=O)(=O)Nc2ccc(Cl)cc2I)cc1. The van der Waals surface area contributed by atoms with Crippen LogP contribution in [0.25, 0.3) is 0 Å². The smallest absolute Gasteiger partial charge is 0.261 e. The zero-order chi connectivity index (χ0) is 14.8. The number of benzene rings is 2. The maximum atomic E-state index is 12.2. The maximum absolute atomic E-state index is 12.2. The molecule has 2 rings (SSSR count). The summed E-state index contributed by atoms with van der Waals surface area (Å²) < 4.78 is 27.6. The predicted octanol–water partition coefficient (Wildman–Crippen LogP) is 3.62. The molecule has 20 heavy (non-hydrogen) atoms. The van der Waals surface area contributed by atoms with E-state index in [1.165, 1.54) is 24.3 Å². The molecule has 0 spiro atoms. The molecule has 0 saturated carbocycles. The Morgan fingerprint density at radius 3 is 2.35 bits per heavy atom. The van der Waals surface area contributed by atoms with E-state index in [0.29, 0.717) is 19.8 Å². The predicted molar refractivity (Wildman–Crippen MR) is 86.1 cm³/mol. The van der Waals surface area contributed by atoms with Crippen LogP contribution in [0.4, 0.5) is 5.69 Å². The Balaban J connectivity index is 2.33. The highest BCUT2D eigenvalue weighted by Crippen LogP contribution is 2.25. The Hall–Kier alpha value is -1.30. The van der Waals surface area contributed by atoms with Gasteiger partial charge in [0, 0.05) is 8.59 Å². The van der Waals surface area contributed by atoms with Crippen molar-refractivity contribution in [2.45, 2.75) is 4.90 Å². The van der Waals surface area contributed by atoms with E-state index < -0.39 is 10.0 Å². The average molecular weight is 419 g/mol. The first-order chi connectivity index (χ1) is 9.42. The number of halogens is 2. The second kappa shape index (κ2) is 5.99. The Morgan fingerprint density at radius 1 is 1.15 bits per heavy atom. The van der Waals surface area contributed by atoms with Crippen LogP contribution in [0.3, 0.4) is 0 Å². The van der Waals surface area contributed by atoms with Gasteiger partial charge in [-0.2, -0.15) is 5.26 Å². The lowest BCUT2D eigenvalue weighted by Crippen LogP contribution is -2.13. The van der Waals surface area contributed by atoms with E-state index in [1.807, 2.05) is 28.7 Å².